The average Bonchev–Trinajstić information content (AvgIpc) is 3.80. The summed E-state index contributed by atoms with van der Waals surface area (Å²) in [5, 5.41) is 0. The van der Waals surface area contributed by atoms with Crippen LogP contribution >= 0.6 is 0 Å². The molecule has 3 aliphatic rings. The molecule has 0 atom stereocenters. The van der Waals surface area contributed by atoms with Gasteiger partial charge >= 0.3 is 0 Å². The van der Waals surface area contributed by atoms with Crippen LogP contribution in [0.2, 0.25) is 0 Å². The van der Waals surface area contributed by atoms with Gasteiger partial charge in [0.1, 0.15) is 23.8 Å². The van der Waals surface area contributed by atoms with E-state index in [-0.39, 0.29) is 10.8 Å². The maximum Gasteiger partial charge on any atom is 0.252 e. The zero-order chi connectivity index (χ0) is 40.5. The summed E-state index contributed by atoms with van der Waals surface area (Å²) < 4.78 is 25.8. The first-order valence-electron chi connectivity index (χ1n) is 20.2. The first-order chi connectivity index (χ1) is 27.5. The maximum atomic E-state index is 6.00. The fraction of sp³-hybridized carbons (Fsp3) is 0.340. The third-order valence-electron chi connectivity index (χ3n) is 11.9. The standard InChI is InChI=1S/C50H58N3O4/c1-11-29-52-45(50(5,6)41-31-39(55-8)33-43(57-10)48(41)52)28-26-35-24-23-34(46(35)53(36-19-15-13-16-20-36)37-21-17-14-18-22-37)25-27-44-49(3,4)40-30-38(54-7)32-42(56-9)47(40)51(44)12-2/h13-22,25-28,30-33H,11-12,23-24,29H2,1-10H3/q+1. The van der Waals surface area contributed by atoms with Crippen LogP contribution in [0, 0.1) is 0 Å². The molecule has 0 aromatic heterocycles. The van der Waals surface area contributed by atoms with Gasteiger partial charge in [0.05, 0.1) is 45.2 Å². The molecule has 7 rings (SSSR count). The molecule has 0 spiro atoms. The normalized spacial score (nSPS) is 18.2. The third kappa shape index (κ3) is 6.91. The molecule has 2 aliphatic heterocycles. The third-order valence-corrected chi connectivity index (χ3v) is 11.9. The van der Waals surface area contributed by atoms with Crippen molar-refractivity contribution in [1.29, 1.82) is 0 Å². The Hall–Kier alpha value is -5.69. The van der Waals surface area contributed by atoms with Crippen LogP contribution in [-0.2, 0) is 10.8 Å². The van der Waals surface area contributed by atoms with Crippen molar-refractivity contribution in [3.05, 3.63) is 143 Å². The Balaban J connectivity index is 1.42. The molecule has 0 saturated carbocycles. The number of benzene rings is 4. The van der Waals surface area contributed by atoms with Crippen molar-refractivity contribution in [3.63, 3.8) is 0 Å². The largest absolute Gasteiger partial charge is 0.497 e. The summed E-state index contributed by atoms with van der Waals surface area (Å²) in [4.78, 5) is 4.89. The molecule has 57 heavy (non-hydrogen) atoms. The summed E-state index contributed by atoms with van der Waals surface area (Å²) in [6.45, 7) is 15.4. The van der Waals surface area contributed by atoms with Crippen LogP contribution in [0.5, 0.6) is 23.0 Å². The van der Waals surface area contributed by atoms with E-state index in [1.165, 1.54) is 39.4 Å². The highest BCUT2D eigenvalue weighted by atomic mass is 16.5. The first-order valence-corrected chi connectivity index (χ1v) is 20.2. The minimum Gasteiger partial charge on any atom is -0.497 e. The molecule has 0 saturated heterocycles. The number of methoxy groups -OCH3 is 4. The van der Waals surface area contributed by atoms with Crippen LogP contribution in [-0.4, -0.2) is 51.8 Å². The first kappa shape index (κ1) is 39.5. The van der Waals surface area contributed by atoms with Crippen molar-refractivity contribution in [2.75, 3.05) is 51.3 Å². The predicted octanol–water partition coefficient (Wildman–Crippen LogP) is 11.6. The van der Waals surface area contributed by atoms with Crippen molar-refractivity contribution < 1.29 is 23.5 Å². The maximum absolute atomic E-state index is 6.00. The zero-order valence-corrected chi connectivity index (χ0v) is 35.4. The van der Waals surface area contributed by atoms with Gasteiger partial charge in [-0.1, -0.05) is 69.3 Å². The van der Waals surface area contributed by atoms with Crippen molar-refractivity contribution >= 4 is 28.5 Å². The number of fused-ring (bicyclic) bond motifs is 2. The Morgan fingerprint density at radius 1 is 0.684 bits per heavy atom. The summed E-state index contributed by atoms with van der Waals surface area (Å²) in [5.41, 5.74) is 12.6. The molecule has 4 aromatic carbocycles. The molecule has 7 heteroatoms. The lowest BCUT2D eigenvalue weighted by Gasteiger charge is -2.29. The second kappa shape index (κ2) is 16.0. The van der Waals surface area contributed by atoms with E-state index >= 15 is 0 Å². The Labute approximate surface area is 339 Å². The quantitative estimate of drug-likeness (QED) is 0.126. The summed E-state index contributed by atoms with van der Waals surface area (Å²) in [5.74, 6) is 3.27. The lowest BCUT2D eigenvalue weighted by atomic mass is 9.81. The van der Waals surface area contributed by atoms with Gasteiger partial charge < -0.3 is 28.7 Å². The van der Waals surface area contributed by atoms with E-state index in [0.717, 1.165) is 78.1 Å². The number of hydrogen-bond donors (Lipinski definition) is 0. The molecule has 0 N–H and O–H groups in total. The molecule has 0 fully saturated rings. The molecule has 0 radical (unpaired) electrons. The fourth-order valence-electron chi connectivity index (χ4n) is 9.04. The summed E-state index contributed by atoms with van der Waals surface area (Å²) in [6, 6.07) is 29.8. The highest BCUT2D eigenvalue weighted by Crippen LogP contribution is 2.54. The van der Waals surface area contributed by atoms with Gasteiger partial charge in [0, 0.05) is 52.8 Å². The SMILES string of the molecule is CCCN1C(=CC=C2CCC(C=CC3=[N+](CC)c4c(OC)cc(OC)cc4C3(C)C)=C2N(c2ccccc2)c2ccccc2)C(C)(C)c2cc(OC)cc(OC)c21. The Morgan fingerprint density at radius 2 is 1.28 bits per heavy atom. The van der Waals surface area contributed by atoms with E-state index in [0.29, 0.717) is 0 Å². The molecule has 2 heterocycles. The van der Waals surface area contributed by atoms with Crippen LogP contribution < -0.4 is 28.7 Å². The van der Waals surface area contributed by atoms with Crippen molar-refractivity contribution in [2.45, 2.75) is 71.6 Å². The second-order valence-corrected chi connectivity index (χ2v) is 15.9. The number of anilines is 3. The van der Waals surface area contributed by atoms with Gasteiger partial charge in [-0.25, -0.2) is 0 Å². The van der Waals surface area contributed by atoms with E-state index in [9.17, 15) is 0 Å². The summed E-state index contributed by atoms with van der Waals surface area (Å²) in [7, 11) is 6.93. The zero-order valence-electron chi connectivity index (χ0n) is 35.4. The van der Waals surface area contributed by atoms with Crippen molar-refractivity contribution in [3.8, 4) is 23.0 Å². The highest BCUT2D eigenvalue weighted by molar-refractivity contribution is 6.04. The predicted molar refractivity (Wildman–Crippen MR) is 235 cm³/mol. The molecule has 4 aromatic rings. The van der Waals surface area contributed by atoms with Gasteiger partial charge in [-0.2, -0.15) is 4.58 Å². The van der Waals surface area contributed by atoms with Gasteiger partial charge in [0.15, 0.2) is 11.5 Å². The second-order valence-electron chi connectivity index (χ2n) is 15.9. The van der Waals surface area contributed by atoms with Gasteiger partial charge in [-0.15, -0.1) is 0 Å². The van der Waals surface area contributed by atoms with Crippen LogP contribution in [0.15, 0.2) is 132 Å². The number of para-hydroxylation sites is 2. The lowest BCUT2D eigenvalue weighted by molar-refractivity contribution is -0.433. The van der Waals surface area contributed by atoms with Crippen LogP contribution in [0.4, 0.5) is 22.7 Å². The van der Waals surface area contributed by atoms with Crippen molar-refractivity contribution in [2.24, 2.45) is 0 Å². The number of hydrogen-bond acceptors (Lipinski definition) is 6. The minimum absolute atomic E-state index is 0.278. The summed E-state index contributed by atoms with van der Waals surface area (Å²) in [6.07, 6.45) is 12.3. The van der Waals surface area contributed by atoms with Gasteiger partial charge in [0.2, 0.25) is 0 Å². The molecule has 0 bridgehead atoms. The average molecular weight is 765 g/mol. The molecule has 1 aliphatic carbocycles. The van der Waals surface area contributed by atoms with E-state index in [1.807, 2.05) is 12.1 Å². The number of ether oxygens (including phenoxy) is 4. The molecule has 296 valence electrons. The Bertz CT molecular complexity index is 2260. The Kier molecular flexibility index (Phi) is 11.1. The van der Waals surface area contributed by atoms with E-state index in [2.05, 4.69) is 153 Å². The number of rotatable bonds is 13. The molecule has 7 nitrogen and oxygen atoms in total. The highest BCUT2D eigenvalue weighted by Gasteiger charge is 2.47. The van der Waals surface area contributed by atoms with Gasteiger partial charge in [-0.3, -0.25) is 0 Å². The molecule has 0 unspecified atom stereocenters. The summed E-state index contributed by atoms with van der Waals surface area (Å²) >= 11 is 0. The molecular formula is C50H58N3O4+. The minimum atomic E-state index is -0.278. The monoisotopic (exact) mass is 764 g/mol. The van der Waals surface area contributed by atoms with Crippen molar-refractivity contribution in [1.82, 2.24) is 0 Å². The van der Waals surface area contributed by atoms with E-state index in [4.69, 9.17) is 18.9 Å². The Morgan fingerprint density at radius 3 is 1.84 bits per heavy atom. The van der Waals surface area contributed by atoms with Gasteiger partial charge in [0.25, 0.3) is 5.69 Å². The molecular weight excluding hydrogens is 707 g/mol. The number of allylic oxidation sites excluding steroid dienone is 7. The van der Waals surface area contributed by atoms with Gasteiger partial charge in [-0.05, 0) is 99.2 Å². The van der Waals surface area contributed by atoms with E-state index < -0.39 is 0 Å². The van der Waals surface area contributed by atoms with Crippen LogP contribution in [0.3, 0.4) is 0 Å². The van der Waals surface area contributed by atoms with Crippen LogP contribution in [0.1, 0.15) is 71.9 Å². The lowest BCUT2D eigenvalue weighted by Crippen LogP contribution is -2.27. The smallest absolute Gasteiger partial charge is 0.252 e. The number of nitrogens with zero attached hydrogens (tertiary/aromatic N) is 3. The fourth-order valence-corrected chi connectivity index (χ4v) is 9.04. The topological polar surface area (TPSA) is 46.4 Å². The molecule has 0 amide bonds. The van der Waals surface area contributed by atoms with E-state index in [1.54, 1.807) is 28.4 Å². The van der Waals surface area contributed by atoms with Crippen LogP contribution in [0.25, 0.3) is 0 Å².